The third-order valence-corrected chi connectivity index (χ3v) is 5.76. The second-order valence-corrected chi connectivity index (χ2v) is 8.56. The summed E-state index contributed by atoms with van der Waals surface area (Å²) in [6.07, 6.45) is 7.27. The molecule has 0 saturated carbocycles. The van der Waals surface area contributed by atoms with Crippen LogP contribution in [0.1, 0.15) is 44.1 Å². The molecule has 178 valence electrons. The number of rotatable bonds is 16. The van der Waals surface area contributed by atoms with Gasteiger partial charge in [-0.25, -0.2) is 4.79 Å². The number of aryl methyl sites for hydroxylation is 1. The second-order valence-electron chi connectivity index (χ2n) is 8.56. The van der Waals surface area contributed by atoms with Crippen molar-refractivity contribution in [2.24, 2.45) is 0 Å². The van der Waals surface area contributed by atoms with Crippen molar-refractivity contribution in [1.82, 2.24) is 0 Å². The molecule has 0 aromatic heterocycles. The lowest BCUT2D eigenvalue weighted by Crippen LogP contribution is -2.12. The lowest BCUT2D eigenvalue weighted by atomic mass is 10.0. The first-order chi connectivity index (χ1) is 16.3. The fourth-order valence-electron chi connectivity index (χ4n) is 3.62. The summed E-state index contributed by atoms with van der Waals surface area (Å²) < 4.78 is 26.3. The van der Waals surface area contributed by atoms with E-state index < -0.39 is 0 Å². The molecule has 2 atom stereocenters. The largest absolute Gasteiger partial charge is 0.494 e. The van der Waals surface area contributed by atoms with Gasteiger partial charge in [-0.2, -0.15) is 0 Å². The van der Waals surface area contributed by atoms with Crippen molar-refractivity contribution in [3.05, 3.63) is 54.1 Å². The summed E-state index contributed by atoms with van der Waals surface area (Å²) in [6, 6.07) is 17.1. The molecule has 0 aliphatic carbocycles. The Balaban J connectivity index is 1.06. The average Bonchev–Trinajstić information content (AvgIpc) is 3.76. The Bertz CT molecular complexity index is 840. The molecule has 2 aliphatic heterocycles. The van der Waals surface area contributed by atoms with Crippen LogP contribution >= 0.6 is 0 Å². The van der Waals surface area contributed by atoms with Gasteiger partial charge >= 0.3 is 5.97 Å². The van der Waals surface area contributed by atoms with Gasteiger partial charge in [0.1, 0.15) is 12.4 Å². The molecule has 6 nitrogen and oxygen atoms in total. The molecule has 0 amide bonds. The van der Waals surface area contributed by atoms with E-state index in [-0.39, 0.29) is 18.4 Å². The normalized spacial score (nSPS) is 18.7. The minimum Gasteiger partial charge on any atom is -0.494 e. The van der Waals surface area contributed by atoms with Crippen LogP contribution in [0.15, 0.2) is 48.5 Å². The molecule has 2 saturated heterocycles. The van der Waals surface area contributed by atoms with E-state index >= 15 is 0 Å². The molecule has 0 spiro atoms. The molecule has 0 N–H and O–H groups in total. The minimum absolute atomic E-state index is 0.0211. The third kappa shape index (κ3) is 8.80. The maximum absolute atomic E-state index is 11.3. The number of epoxide rings is 2. The van der Waals surface area contributed by atoms with Crippen LogP contribution < -0.4 is 4.74 Å². The summed E-state index contributed by atoms with van der Waals surface area (Å²) in [6.45, 7) is 3.07. The number of ether oxygens (including phenoxy) is 5. The zero-order valence-electron chi connectivity index (χ0n) is 19.2. The van der Waals surface area contributed by atoms with Crippen LogP contribution in [0.3, 0.4) is 0 Å². The monoisotopic (exact) mass is 454 g/mol. The Hall–Kier alpha value is -2.41. The van der Waals surface area contributed by atoms with Crippen LogP contribution in [0.2, 0.25) is 0 Å². The highest BCUT2D eigenvalue weighted by Crippen LogP contribution is 2.23. The molecule has 2 aromatic rings. The van der Waals surface area contributed by atoms with Gasteiger partial charge in [-0.3, -0.25) is 0 Å². The Labute approximate surface area is 196 Å². The molecule has 2 aliphatic rings. The molecule has 2 aromatic carbocycles. The van der Waals surface area contributed by atoms with Gasteiger partial charge < -0.3 is 23.7 Å². The van der Waals surface area contributed by atoms with Crippen LogP contribution in [0.5, 0.6) is 5.75 Å². The first kappa shape index (κ1) is 23.7. The van der Waals surface area contributed by atoms with E-state index in [4.69, 9.17) is 23.7 Å². The highest BCUT2D eigenvalue weighted by atomic mass is 16.8. The van der Waals surface area contributed by atoms with Crippen LogP contribution in [0, 0.1) is 0 Å². The number of carbonyl (C=O) groups excluding carboxylic acids is 1. The van der Waals surface area contributed by atoms with Crippen molar-refractivity contribution in [3.8, 4) is 16.9 Å². The lowest BCUT2D eigenvalue weighted by molar-refractivity contribution is -0.145. The number of benzene rings is 2. The van der Waals surface area contributed by atoms with Crippen molar-refractivity contribution >= 4 is 5.97 Å². The summed E-state index contributed by atoms with van der Waals surface area (Å²) >= 11 is 0. The second kappa shape index (κ2) is 12.7. The summed E-state index contributed by atoms with van der Waals surface area (Å²) in [5.74, 6) is 0.678. The number of hydrogen-bond donors (Lipinski definition) is 0. The van der Waals surface area contributed by atoms with Crippen molar-refractivity contribution in [1.29, 1.82) is 0 Å². The molecule has 2 heterocycles. The fourth-order valence-corrected chi connectivity index (χ4v) is 3.62. The van der Waals surface area contributed by atoms with E-state index in [1.807, 2.05) is 12.1 Å². The predicted molar refractivity (Wildman–Crippen MR) is 125 cm³/mol. The number of hydrogen-bond acceptors (Lipinski definition) is 6. The average molecular weight is 455 g/mol. The quantitative estimate of drug-likeness (QED) is 0.203. The van der Waals surface area contributed by atoms with Crippen LogP contribution in [-0.2, 0) is 30.2 Å². The molecule has 0 bridgehead atoms. The summed E-state index contributed by atoms with van der Waals surface area (Å²) in [4.78, 5) is 11.3. The Morgan fingerprint density at radius 1 is 0.758 bits per heavy atom. The predicted octanol–water partition coefficient (Wildman–Crippen LogP) is 4.93. The first-order valence-corrected chi connectivity index (χ1v) is 12.1. The van der Waals surface area contributed by atoms with Crippen molar-refractivity contribution in [3.63, 3.8) is 0 Å². The molecule has 2 unspecified atom stereocenters. The summed E-state index contributed by atoms with van der Waals surface area (Å²) in [7, 11) is 0. The standard InChI is InChI=1S/C27H34O6/c28-27(25-19-32-25)31-16-5-3-1-2-4-7-21-8-10-22(11-9-21)23-12-14-24(15-13-23)29-17-6-18-30-26-20-33-26/h8-15,25-26H,1-7,16-20H2. The maximum Gasteiger partial charge on any atom is 0.337 e. The Kier molecular flexibility index (Phi) is 9.16. The van der Waals surface area contributed by atoms with Crippen molar-refractivity contribution in [2.75, 3.05) is 33.0 Å². The minimum atomic E-state index is -0.284. The lowest BCUT2D eigenvalue weighted by Gasteiger charge is -2.08. The van der Waals surface area contributed by atoms with E-state index in [0.717, 1.165) is 38.0 Å². The van der Waals surface area contributed by atoms with E-state index in [9.17, 15) is 4.79 Å². The van der Waals surface area contributed by atoms with Crippen LogP contribution in [-0.4, -0.2) is 51.4 Å². The van der Waals surface area contributed by atoms with Crippen molar-refractivity contribution < 1.29 is 28.5 Å². The third-order valence-electron chi connectivity index (χ3n) is 5.76. The Morgan fingerprint density at radius 2 is 1.42 bits per heavy atom. The van der Waals surface area contributed by atoms with Gasteiger partial charge in [-0.15, -0.1) is 0 Å². The zero-order valence-corrected chi connectivity index (χ0v) is 19.2. The molecule has 2 fully saturated rings. The van der Waals surface area contributed by atoms with Gasteiger partial charge in [-0.1, -0.05) is 55.7 Å². The van der Waals surface area contributed by atoms with E-state index in [1.54, 1.807) is 0 Å². The number of unbranched alkanes of at least 4 members (excludes halogenated alkanes) is 4. The van der Waals surface area contributed by atoms with E-state index in [0.29, 0.717) is 26.4 Å². The molecule has 6 heteroatoms. The van der Waals surface area contributed by atoms with Gasteiger partial charge in [0.05, 0.1) is 26.4 Å². The van der Waals surface area contributed by atoms with Gasteiger partial charge in [0.2, 0.25) is 0 Å². The number of esters is 1. The highest BCUT2D eigenvalue weighted by Gasteiger charge is 2.32. The maximum atomic E-state index is 11.3. The summed E-state index contributed by atoms with van der Waals surface area (Å²) in [5.41, 5.74) is 3.78. The van der Waals surface area contributed by atoms with Crippen molar-refractivity contribution in [2.45, 2.75) is 57.3 Å². The molecular weight excluding hydrogens is 420 g/mol. The van der Waals surface area contributed by atoms with Gasteiger partial charge in [0.25, 0.3) is 0 Å². The summed E-state index contributed by atoms with van der Waals surface area (Å²) in [5, 5.41) is 0. The molecule has 0 radical (unpaired) electrons. The topological polar surface area (TPSA) is 69.8 Å². The zero-order chi connectivity index (χ0) is 22.7. The first-order valence-electron chi connectivity index (χ1n) is 12.1. The molecule has 4 rings (SSSR count). The smallest absolute Gasteiger partial charge is 0.337 e. The van der Waals surface area contributed by atoms with E-state index in [2.05, 4.69) is 36.4 Å². The van der Waals surface area contributed by atoms with E-state index in [1.165, 1.54) is 36.0 Å². The van der Waals surface area contributed by atoms with Gasteiger partial charge in [-0.05, 0) is 48.1 Å². The SMILES string of the molecule is O=C(OCCCCCCCc1ccc(-c2ccc(OCCCOC3CO3)cc2)cc1)C1CO1. The number of carbonyl (C=O) groups is 1. The Morgan fingerprint density at radius 3 is 2.12 bits per heavy atom. The van der Waals surface area contributed by atoms with Gasteiger partial charge in [0.15, 0.2) is 12.4 Å². The molecule has 33 heavy (non-hydrogen) atoms. The fraction of sp³-hybridized carbons (Fsp3) is 0.519. The van der Waals surface area contributed by atoms with Gasteiger partial charge in [0, 0.05) is 6.42 Å². The molecular formula is C27H34O6. The van der Waals surface area contributed by atoms with Crippen LogP contribution in [0.4, 0.5) is 0 Å². The van der Waals surface area contributed by atoms with Crippen LogP contribution in [0.25, 0.3) is 11.1 Å². The highest BCUT2D eigenvalue weighted by molar-refractivity contribution is 5.76.